The molecule has 0 aromatic heterocycles. The van der Waals surface area contributed by atoms with Crippen LogP contribution in [0.4, 0.5) is 0 Å². The summed E-state index contributed by atoms with van der Waals surface area (Å²) in [6.07, 6.45) is 6.29. The van der Waals surface area contributed by atoms with Crippen molar-refractivity contribution < 1.29 is 4.79 Å². The summed E-state index contributed by atoms with van der Waals surface area (Å²) in [7, 11) is 0. The van der Waals surface area contributed by atoms with E-state index in [2.05, 4.69) is 50.4 Å². The van der Waals surface area contributed by atoms with Gasteiger partial charge in [0.2, 0.25) is 5.91 Å². The zero-order chi connectivity index (χ0) is 17.8. The Morgan fingerprint density at radius 1 is 1.28 bits per heavy atom. The monoisotopic (exact) mass is 384 g/mol. The van der Waals surface area contributed by atoms with E-state index in [1.54, 1.807) is 11.8 Å². The second-order valence-electron chi connectivity index (χ2n) is 8.07. The van der Waals surface area contributed by atoms with Crippen LogP contribution in [0.1, 0.15) is 57.6 Å². The van der Waals surface area contributed by atoms with Gasteiger partial charge in [-0.1, -0.05) is 51.5 Å². The third kappa shape index (κ3) is 5.63. The highest BCUT2D eigenvalue weighted by Crippen LogP contribution is 2.43. The number of benzene rings is 1. The summed E-state index contributed by atoms with van der Waals surface area (Å²) in [5.41, 5.74) is 8.94. The Morgan fingerprint density at radius 3 is 2.32 bits per heavy atom. The minimum atomic E-state index is -0.391. The summed E-state index contributed by atoms with van der Waals surface area (Å²) >= 11 is 1.73. The van der Waals surface area contributed by atoms with E-state index in [-0.39, 0.29) is 29.1 Å². The minimum absolute atomic E-state index is 0. The number of amides is 1. The molecule has 0 unspecified atom stereocenters. The van der Waals surface area contributed by atoms with Gasteiger partial charge < -0.3 is 11.1 Å². The van der Waals surface area contributed by atoms with Crippen molar-refractivity contribution in [1.82, 2.24) is 5.32 Å². The van der Waals surface area contributed by atoms with E-state index in [1.165, 1.54) is 17.5 Å². The second-order valence-corrected chi connectivity index (χ2v) is 9.05. The quantitative estimate of drug-likeness (QED) is 0.746. The lowest BCUT2D eigenvalue weighted by molar-refractivity contribution is -0.122. The summed E-state index contributed by atoms with van der Waals surface area (Å²) in [4.78, 5) is 12.2. The molecule has 0 spiro atoms. The van der Waals surface area contributed by atoms with Crippen molar-refractivity contribution >= 4 is 30.1 Å². The van der Waals surface area contributed by atoms with Gasteiger partial charge in [-0.25, -0.2) is 0 Å². The largest absolute Gasteiger partial charge is 0.354 e. The highest BCUT2D eigenvalue weighted by Gasteiger charge is 2.39. The van der Waals surface area contributed by atoms with Gasteiger partial charge in [-0.2, -0.15) is 11.8 Å². The molecule has 0 radical (unpaired) electrons. The minimum Gasteiger partial charge on any atom is -0.354 e. The average molecular weight is 385 g/mol. The van der Waals surface area contributed by atoms with Crippen LogP contribution in [0.3, 0.4) is 0 Å². The Morgan fingerprint density at radius 2 is 1.88 bits per heavy atom. The number of hydrogen-bond acceptors (Lipinski definition) is 3. The molecule has 1 amide bonds. The first-order valence-corrected chi connectivity index (χ1v) is 10.3. The van der Waals surface area contributed by atoms with Gasteiger partial charge in [0, 0.05) is 12.0 Å². The Hall–Kier alpha value is -0.710. The van der Waals surface area contributed by atoms with Gasteiger partial charge in [0.05, 0.1) is 6.04 Å². The topological polar surface area (TPSA) is 55.1 Å². The van der Waals surface area contributed by atoms with E-state index in [1.807, 2.05) is 6.26 Å². The second kappa shape index (κ2) is 9.29. The fourth-order valence-electron chi connectivity index (χ4n) is 3.26. The fourth-order valence-corrected chi connectivity index (χ4v) is 3.75. The van der Waals surface area contributed by atoms with Crippen LogP contribution in [0.5, 0.6) is 0 Å². The molecule has 1 saturated carbocycles. The summed E-state index contributed by atoms with van der Waals surface area (Å²) in [6, 6.07) is 8.58. The molecule has 1 aliphatic rings. The van der Waals surface area contributed by atoms with Crippen LogP contribution in [0, 0.1) is 0 Å². The van der Waals surface area contributed by atoms with Crippen LogP contribution in [-0.4, -0.2) is 30.5 Å². The average Bonchev–Trinajstić information content (AvgIpc) is 2.51. The Balaban J connectivity index is 0.00000312. The van der Waals surface area contributed by atoms with Crippen LogP contribution < -0.4 is 11.1 Å². The van der Waals surface area contributed by atoms with Crippen LogP contribution >= 0.6 is 24.2 Å². The van der Waals surface area contributed by atoms with Crippen LogP contribution in [0.25, 0.3) is 0 Å². The number of halogens is 1. The lowest BCUT2D eigenvalue weighted by atomic mass is 9.64. The molecule has 1 fully saturated rings. The van der Waals surface area contributed by atoms with E-state index in [0.29, 0.717) is 6.54 Å². The molecule has 1 aromatic rings. The Labute approximate surface area is 163 Å². The molecule has 2 rings (SSSR count). The summed E-state index contributed by atoms with van der Waals surface area (Å²) in [6.45, 7) is 7.40. The van der Waals surface area contributed by atoms with E-state index >= 15 is 0 Å². The van der Waals surface area contributed by atoms with Gasteiger partial charge in [0.25, 0.3) is 0 Å². The number of nitrogens with two attached hydrogens (primary N) is 1. The van der Waals surface area contributed by atoms with Crippen molar-refractivity contribution in [2.45, 2.75) is 63.3 Å². The zero-order valence-corrected chi connectivity index (χ0v) is 17.6. The van der Waals surface area contributed by atoms with Gasteiger partial charge in [0.1, 0.15) is 0 Å². The summed E-state index contributed by atoms with van der Waals surface area (Å²) in [5, 5.41) is 3.10. The fraction of sp³-hybridized carbons (Fsp3) is 0.650. The highest BCUT2D eigenvalue weighted by molar-refractivity contribution is 7.98. The number of nitrogens with one attached hydrogen (secondary N) is 1. The molecule has 0 aliphatic heterocycles. The number of thioether (sulfide) groups is 1. The van der Waals surface area contributed by atoms with Gasteiger partial charge in [-0.3, -0.25) is 4.79 Å². The SMILES string of the molecule is CSCC[C@H](N)C(=O)NCC1(c2ccc(C(C)(C)C)cc2)CCC1.Cl. The lowest BCUT2D eigenvalue weighted by Gasteiger charge is -2.43. The molecule has 25 heavy (non-hydrogen) atoms. The third-order valence-corrected chi connectivity index (χ3v) is 5.89. The highest BCUT2D eigenvalue weighted by atomic mass is 35.5. The van der Waals surface area contributed by atoms with Crippen molar-refractivity contribution in [3.8, 4) is 0 Å². The van der Waals surface area contributed by atoms with E-state index < -0.39 is 6.04 Å². The van der Waals surface area contributed by atoms with E-state index in [0.717, 1.165) is 25.0 Å². The molecule has 1 atom stereocenters. The maximum atomic E-state index is 12.2. The maximum Gasteiger partial charge on any atom is 0.236 e. The predicted octanol–water partition coefficient (Wildman–Crippen LogP) is 4.02. The summed E-state index contributed by atoms with van der Waals surface area (Å²) < 4.78 is 0. The number of carbonyl (C=O) groups is 1. The van der Waals surface area contributed by atoms with Crippen LogP contribution in [0.2, 0.25) is 0 Å². The molecule has 0 saturated heterocycles. The number of rotatable bonds is 7. The summed E-state index contributed by atoms with van der Waals surface area (Å²) in [5.74, 6) is 0.912. The molecule has 5 heteroatoms. The van der Waals surface area contributed by atoms with Crippen molar-refractivity contribution in [3.63, 3.8) is 0 Å². The molecule has 1 aliphatic carbocycles. The smallest absolute Gasteiger partial charge is 0.236 e. The van der Waals surface area contributed by atoms with Crippen molar-refractivity contribution in [3.05, 3.63) is 35.4 Å². The van der Waals surface area contributed by atoms with Crippen molar-refractivity contribution in [2.24, 2.45) is 5.73 Å². The van der Waals surface area contributed by atoms with Crippen LogP contribution in [0.15, 0.2) is 24.3 Å². The van der Waals surface area contributed by atoms with E-state index in [9.17, 15) is 4.79 Å². The van der Waals surface area contributed by atoms with Crippen molar-refractivity contribution in [1.29, 1.82) is 0 Å². The lowest BCUT2D eigenvalue weighted by Crippen LogP contribution is -2.49. The maximum absolute atomic E-state index is 12.2. The standard InChI is InChI=1S/C20H32N2OS.ClH/c1-19(2,3)15-6-8-16(9-7-15)20(11-5-12-20)14-22-18(23)17(21)10-13-24-4;/h6-9,17H,5,10-14,21H2,1-4H3,(H,22,23);1H/t17-;/m0./s1. The zero-order valence-electron chi connectivity index (χ0n) is 15.9. The predicted molar refractivity (Wildman–Crippen MR) is 112 cm³/mol. The molecular formula is C20H33ClN2OS. The van der Waals surface area contributed by atoms with E-state index in [4.69, 9.17) is 5.73 Å². The molecule has 3 N–H and O–H groups in total. The Bertz CT molecular complexity index is 550. The number of carbonyl (C=O) groups excluding carboxylic acids is 1. The molecule has 3 nitrogen and oxygen atoms in total. The molecule has 142 valence electrons. The van der Waals surface area contributed by atoms with Gasteiger partial charge in [-0.15, -0.1) is 12.4 Å². The molecular weight excluding hydrogens is 352 g/mol. The van der Waals surface area contributed by atoms with Gasteiger partial charge >= 0.3 is 0 Å². The first-order chi connectivity index (χ1) is 11.3. The number of hydrogen-bond donors (Lipinski definition) is 2. The molecule has 0 heterocycles. The van der Waals surface area contributed by atoms with Gasteiger partial charge in [-0.05, 0) is 47.8 Å². The van der Waals surface area contributed by atoms with Gasteiger partial charge in [0.15, 0.2) is 0 Å². The van der Waals surface area contributed by atoms with Crippen molar-refractivity contribution in [2.75, 3.05) is 18.6 Å². The Kier molecular flexibility index (Phi) is 8.30. The first kappa shape index (κ1) is 22.3. The normalized spacial score (nSPS) is 17.2. The molecule has 1 aromatic carbocycles. The van der Waals surface area contributed by atoms with Crippen LogP contribution in [-0.2, 0) is 15.6 Å². The first-order valence-electron chi connectivity index (χ1n) is 8.92. The third-order valence-electron chi connectivity index (χ3n) is 5.24. The molecule has 0 bridgehead atoms.